The van der Waals surface area contributed by atoms with Crippen molar-refractivity contribution in [3.8, 4) is 11.8 Å². The van der Waals surface area contributed by atoms with Crippen LogP contribution in [0.15, 0.2) is 36.4 Å². The maximum Gasteiger partial charge on any atom is 0.254 e. The molecule has 1 fully saturated rings. The number of amidine groups is 1. The molecule has 4 N–H and O–H groups in total. The zero-order valence-corrected chi connectivity index (χ0v) is 16.4. The second-order valence-electron chi connectivity index (χ2n) is 7.13. The van der Waals surface area contributed by atoms with E-state index in [0.717, 1.165) is 53.9 Å². The van der Waals surface area contributed by atoms with Gasteiger partial charge in [-0.15, -0.1) is 0 Å². The summed E-state index contributed by atoms with van der Waals surface area (Å²) in [4.78, 5) is 14.6. The summed E-state index contributed by atoms with van der Waals surface area (Å²) in [6.07, 6.45) is 2.19. The van der Waals surface area contributed by atoms with E-state index in [-0.39, 0.29) is 13.2 Å². The van der Waals surface area contributed by atoms with Gasteiger partial charge in [-0.25, -0.2) is 0 Å². The molecule has 2 aromatic carbocycles. The van der Waals surface area contributed by atoms with E-state index in [2.05, 4.69) is 17.2 Å². The molecule has 5 nitrogen and oxygen atoms in total. The van der Waals surface area contributed by atoms with E-state index in [9.17, 15) is 4.79 Å². The van der Waals surface area contributed by atoms with Crippen molar-refractivity contribution in [2.24, 2.45) is 5.73 Å². The molecule has 0 atom stereocenters. The minimum Gasteiger partial charge on any atom is -0.384 e. The van der Waals surface area contributed by atoms with Crippen LogP contribution >= 0.6 is 0 Å². The summed E-state index contributed by atoms with van der Waals surface area (Å²) in [5, 5.41) is 10.7. The molecule has 0 unspecified atom stereocenters. The van der Waals surface area contributed by atoms with Gasteiger partial charge in [0, 0.05) is 36.9 Å². The molecule has 28 heavy (non-hydrogen) atoms. The largest absolute Gasteiger partial charge is 0.384 e. The van der Waals surface area contributed by atoms with E-state index in [0.29, 0.717) is 12.1 Å². The van der Waals surface area contributed by atoms with Crippen LogP contribution in [0.2, 0.25) is 0 Å². The molecule has 1 aliphatic rings. The van der Waals surface area contributed by atoms with Crippen LogP contribution in [-0.4, -0.2) is 36.3 Å². The number of nitrogens with zero attached hydrogens (tertiary/aromatic N) is 1. The van der Waals surface area contributed by atoms with Crippen molar-refractivity contribution in [1.29, 1.82) is 5.41 Å². The predicted molar refractivity (Wildman–Crippen MR) is 116 cm³/mol. The molecule has 2 aromatic rings. The quantitative estimate of drug-likeness (QED) is 0.434. The van der Waals surface area contributed by atoms with Crippen molar-refractivity contribution in [2.45, 2.75) is 26.7 Å². The van der Waals surface area contributed by atoms with E-state index in [1.54, 1.807) is 6.07 Å². The molecular formula is C23H28N4O. The molecule has 1 amide bonds. The Hall–Kier alpha value is -3.26. The number of anilines is 1. The fraction of sp³-hybridized carbons (Fsp3) is 0.304. The van der Waals surface area contributed by atoms with Gasteiger partial charge in [0.2, 0.25) is 0 Å². The first kappa shape index (κ1) is 19.5. The van der Waals surface area contributed by atoms with Crippen LogP contribution in [0, 0.1) is 31.1 Å². The number of nitrogens with one attached hydrogen (secondary N) is 2. The van der Waals surface area contributed by atoms with Crippen LogP contribution < -0.4 is 11.1 Å². The molecule has 0 aromatic heterocycles. The minimum absolute atomic E-state index is 0. The normalized spacial score (nSPS) is 13.0. The van der Waals surface area contributed by atoms with Gasteiger partial charge in [0.25, 0.3) is 5.91 Å². The van der Waals surface area contributed by atoms with E-state index >= 15 is 0 Å². The third-order valence-electron chi connectivity index (χ3n) is 4.97. The first-order valence-corrected chi connectivity index (χ1v) is 9.53. The summed E-state index contributed by atoms with van der Waals surface area (Å²) in [7, 11) is 0. The monoisotopic (exact) mass is 376 g/mol. The zero-order valence-electron chi connectivity index (χ0n) is 16.4. The number of nitrogen functional groups attached to an aromatic ring is 1. The number of hydrogen-bond donors (Lipinski definition) is 3. The van der Waals surface area contributed by atoms with Crippen molar-refractivity contribution >= 4 is 17.4 Å². The van der Waals surface area contributed by atoms with Crippen LogP contribution in [0.1, 0.15) is 46.9 Å². The van der Waals surface area contributed by atoms with Crippen molar-refractivity contribution < 1.29 is 6.22 Å². The number of benzene rings is 2. The van der Waals surface area contributed by atoms with Gasteiger partial charge in [-0.1, -0.05) is 24.0 Å². The van der Waals surface area contributed by atoms with E-state index in [1.165, 1.54) is 0 Å². The van der Waals surface area contributed by atoms with Crippen molar-refractivity contribution in [3.63, 3.8) is 0 Å². The van der Waals surface area contributed by atoms with Crippen LogP contribution in [0.4, 0.5) is 5.69 Å². The highest BCUT2D eigenvalue weighted by molar-refractivity contribution is 5.96. The lowest BCUT2D eigenvalue weighted by atomic mass is 9.99. The Morgan fingerprint density at radius 3 is 2.68 bits per heavy atom. The molecule has 1 saturated heterocycles. The average Bonchev–Trinajstić information content (AvgIpc) is 3.22. The van der Waals surface area contributed by atoms with Gasteiger partial charge in [0.05, 0.1) is 6.54 Å². The summed E-state index contributed by atoms with van der Waals surface area (Å²) in [6, 6.07) is 11.4. The zero-order chi connectivity index (χ0) is 20.1. The lowest BCUT2D eigenvalue weighted by molar-refractivity contribution is 0.0792. The highest BCUT2D eigenvalue weighted by Gasteiger charge is 2.21. The molecule has 0 saturated carbocycles. The number of amides is 1. The van der Waals surface area contributed by atoms with Gasteiger partial charge in [-0.2, -0.15) is 0 Å². The van der Waals surface area contributed by atoms with Crippen LogP contribution in [0.3, 0.4) is 0 Å². The highest BCUT2D eigenvalue weighted by Crippen LogP contribution is 2.20. The van der Waals surface area contributed by atoms with Gasteiger partial charge in [-0.05, 0) is 62.1 Å². The molecule has 1 aliphatic heterocycles. The van der Waals surface area contributed by atoms with Crippen LogP contribution in [-0.2, 0) is 0 Å². The first-order chi connectivity index (χ1) is 13.5. The SMILES string of the molecule is Cc1cc(C(=O)N2CCCC2)c(C)cc1C#CCNc1cccc(C(=N)N)c1.[HH]. The Kier molecular flexibility index (Phi) is 6.00. The lowest BCUT2D eigenvalue weighted by Crippen LogP contribution is -2.28. The number of hydrogen-bond acceptors (Lipinski definition) is 3. The molecular weight excluding hydrogens is 348 g/mol. The van der Waals surface area contributed by atoms with E-state index < -0.39 is 0 Å². The Morgan fingerprint density at radius 2 is 1.96 bits per heavy atom. The van der Waals surface area contributed by atoms with Crippen molar-refractivity contribution in [3.05, 3.63) is 64.2 Å². The number of carbonyl (C=O) groups excluding carboxylic acids is 1. The Morgan fingerprint density at radius 1 is 1.21 bits per heavy atom. The summed E-state index contributed by atoms with van der Waals surface area (Å²) in [5.41, 5.74) is 10.8. The summed E-state index contributed by atoms with van der Waals surface area (Å²) >= 11 is 0. The fourth-order valence-corrected chi connectivity index (χ4v) is 3.35. The average molecular weight is 377 g/mol. The van der Waals surface area contributed by atoms with Crippen molar-refractivity contribution in [1.82, 2.24) is 4.90 Å². The smallest absolute Gasteiger partial charge is 0.254 e. The number of rotatable bonds is 4. The number of nitrogens with two attached hydrogens (primary N) is 1. The topological polar surface area (TPSA) is 82.2 Å². The van der Waals surface area contributed by atoms with Gasteiger partial charge in [0.15, 0.2) is 0 Å². The molecule has 0 radical (unpaired) electrons. The predicted octanol–water partition coefficient (Wildman–Crippen LogP) is 3.53. The maximum absolute atomic E-state index is 12.7. The maximum atomic E-state index is 12.7. The number of carbonyl (C=O) groups is 1. The molecule has 3 rings (SSSR count). The second-order valence-corrected chi connectivity index (χ2v) is 7.13. The van der Waals surface area contributed by atoms with E-state index in [4.69, 9.17) is 11.1 Å². The highest BCUT2D eigenvalue weighted by atomic mass is 16.2. The van der Waals surface area contributed by atoms with E-state index in [1.807, 2.05) is 49.1 Å². The van der Waals surface area contributed by atoms with Gasteiger partial charge < -0.3 is 16.0 Å². The van der Waals surface area contributed by atoms with Gasteiger partial charge in [0.1, 0.15) is 5.84 Å². The molecule has 146 valence electrons. The van der Waals surface area contributed by atoms with Crippen molar-refractivity contribution in [2.75, 3.05) is 25.0 Å². The molecule has 1 heterocycles. The standard InChI is InChI=1S/C23H26N4O.H2/c1-16-14-21(23(28)27-11-3-4-12-27)17(2)13-18(16)8-6-10-26-20-9-5-7-19(15-20)22(24)25;/h5,7,9,13-15,26H,3-4,10-12H2,1-2H3,(H3,24,25);1H. The lowest BCUT2D eigenvalue weighted by Gasteiger charge is -2.17. The van der Waals surface area contributed by atoms with Gasteiger partial charge >= 0.3 is 0 Å². The second kappa shape index (κ2) is 8.62. The molecule has 0 aliphatic carbocycles. The minimum atomic E-state index is 0. The summed E-state index contributed by atoms with van der Waals surface area (Å²) in [6.45, 7) is 6.16. The summed E-state index contributed by atoms with van der Waals surface area (Å²) in [5.74, 6) is 6.50. The number of likely N-dealkylation sites (tertiary alicyclic amines) is 1. The molecule has 0 spiro atoms. The molecule has 5 heteroatoms. The third kappa shape index (κ3) is 4.52. The number of aryl methyl sites for hydroxylation is 2. The van der Waals surface area contributed by atoms with Crippen LogP contribution in [0.25, 0.3) is 0 Å². The summed E-state index contributed by atoms with van der Waals surface area (Å²) < 4.78 is 0. The van der Waals surface area contributed by atoms with Gasteiger partial charge in [-0.3, -0.25) is 10.2 Å². The Labute approximate surface area is 167 Å². The third-order valence-corrected chi connectivity index (χ3v) is 4.97. The fourth-order valence-electron chi connectivity index (χ4n) is 3.35. The Balaban J connectivity index is 0.00000300. The molecule has 0 bridgehead atoms. The Bertz CT molecular complexity index is 969. The van der Waals surface area contributed by atoms with Crippen LogP contribution in [0.5, 0.6) is 0 Å². The first-order valence-electron chi connectivity index (χ1n) is 9.53.